The number of likely N-dealkylation sites (N-methyl/N-ethyl adjacent to an activating group) is 1. The van der Waals surface area contributed by atoms with Crippen molar-refractivity contribution in [3.05, 3.63) is 35.9 Å². The zero-order valence-corrected chi connectivity index (χ0v) is 9.91. The molecule has 3 aliphatic rings. The third kappa shape index (κ3) is 1.23. The maximum atomic E-state index is 5.69. The minimum absolute atomic E-state index is 0.300. The molecule has 4 atom stereocenters. The van der Waals surface area contributed by atoms with Crippen molar-refractivity contribution in [3.63, 3.8) is 0 Å². The van der Waals surface area contributed by atoms with Crippen LogP contribution in [0.5, 0.6) is 0 Å². The number of likely N-dealkylation sites (tertiary alicyclic amines) is 1. The molecule has 1 saturated carbocycles. The fraction of sp³-hybridized carbons (Fsp3) is 0.500. The summed E-state index contributed by atoms with van der Waals surface area (Å²) in [5.74, 6) is 1.26. The first-order chi connectivity index (χ1) is 8.34. The van der Waals surface area contributed by atoms with Gasteiger partial charge in [-0.3, -0.25) is 4.90 Å². The van der Waals surface area contributed by atoms with Crippen LogP contribution in [-0.2, 0) is 4.84 Å². The van der Waals surface area contributed by atoms with Gasteiger partial charge in [-0.15, -0.1) is 0 Å². The summed E-state index contributed by atoms with van der Waals surface area (Å²) in [6, 6.07) is 11.1. The van der Waals surface area contributed by atoms with E-state index in [-0.39, 0.29) is 0 Å². The SMILES string of the molecule is CN1C[C@@H]2C[C@H]1[C@H]1ON=C(c3ccccc3)[C@@H]21. The third-order valence-corrected chi connectivity index (χ3v) is 4.53. The highest BCUT2D eigenvalue weighted by Crippen LogP contribution is 2.47. The second kappa shape index (κ2) is 3.33. The van der Waals surface area contributed by atoms with Crippen molar-refractivity contribution < 1.29 is 4.84 Å². The lowest BCUT2D eigenvalue weighted by Crippen LogP contribution is -2.44. The predicted molar refractivity (Wildman–Crippen MR) is 65.9 cm³/mol. The Bertz CT molecular complexity index is 470. The molecule has 1 aromatic rings. The molecule has 2 heterocycles. The molecule has 0 radical (unpaired) electrons. The van der Waals surface area contributed by atoms with Crippen LogP contribution < -0.4 is 0 Å². The highest BCUT2D eigenvalue weighted by atomic mass is 16.6. The number of nitrogens with zero attached hydrogens (tertiary/aromatic N) is 2. The van der Waals surface area contributed by atoms with Crippen LogP contribution in [0.25, 0.3) is 0 Å². The second-order valence-corrected chi connectivity index (χ2v) is 5.44. The quantitative estimate of drug-likeness (QED) is 0.731. The molecule has 0 spiro atoms. The molecule has 0 unspecified atom stereocenters. The van der Waals surface area contributed by atoms with Gasteiger partial charge in [0, 0.05) is 12.6 Å². The third-order valence-electron chi connectivity index (χ3n) is 4.53. The van der Waals surface area contributed by atoms with Crippen LogP contribution >= 0.6 is 0 Å². The second-order valence-electron chi connectivity index (χ2n) is 5.44. The molecule has 1 aliphatic carbocycles. The van der Waals surface area contributed by atoms with E-state index in [1.165, 1.54) is 24.2 Å². The van der Waals surface area contributed by atoms with Crippen LogP contribution in [0.3, 0.4) is 0 Å². The van der Waals surface area contributed by atoms with Crippen LogP contribution in [0.15, 0.2) is 35.5 Å². The van der Waals surface area contributed by atoms with Crippen molar-refractivity contribution in [2.45, 2.75) is 18.6 Å². The first kappa shape index (κ1) is 9.66. The highest BCUT2D eigenvalue weighted by molar-refractivity contribution is 6.03. The monoisotopic (exact) mass is 228 g/mol. The number of benzene rings is 1. The molecular formula is C14H16N2O. The van der Waals surface area contributed by atoms with Crippen molar-refractivity contribution in [1.29, 1.82) is 0 Å². The molecule has 3 nitrogen and oxygen atoms in total. The van der Waals surface area contributed by atoms with Gasteiger partial charge in [-0.2, -0.15) is 0 Å². The van der Waals surface area contributed by atoms with Gasteiger partial charge in [-0.25, -0.2) is 0 Å². The van der Waals surface area contributed by atoms with Gasteiger partial charge in [0.2, 0.25) is 0 Å². The molecule has 0 N–H and O–H groups in total. The van der Waals surface area contributed by atoms with E-state index >= 15 is 0 Å². The van der Waals surface area contributed by atoms with Crippen LogP contribution in [-0.4, -0.2) is 36.3 Å². The fourth-order valence-corrected chi connectivity index (χ4v) is 3.77. The van der Waals surface area contributed by atoms with Crippen molar-refractivity contribution in [2.75, 3.05) is 13.6 Å². The zero-order valence-electron chi connectivity index (χ0n) is 9.91. The topological polar surface area (TPSA) is 24.8 Å². The molecule has 0 amide bonds. The van der Waals surface area contributed by atoms with Crippen molar-refractivity contribution in [3.8, 4) is 0 Å². The molecule has 1 aromatic carbocycles. The molecule has 0 aromatic heterocycles. The molecule has 3 heteroatoms. The lowest BCUT2D eigenvalue weighted by Gasteiger charge is -2.30. The predicted octanol–water partition coefficient (Wildman–Crippen LogP) is 1.74. The van der Waals surface area contributed by atoms with Gasteiger partial charge in [0.25, 0.3) is 0 Å². The van der Waals surface area contributed by atoms with Gasteiger partial charge in [0.15, 0.2) is 6.10 Å². The van der Waals surface area contributed by atoms with Crippen LogP contribution in [0, 0.1) is 11.8 Å². The van der Waals surface area contributed by atoms with Crippen molar-refractivity contribution in [1.82, 2.24) is 4.90 Å². The van der Waals surface area contributed by atoms with Gasteiger partial charge < -0.3 is 4.84 Å². The van der Waals surface area contributed by atoms with E-state index in [9.17, 15) is 0 Å². The Morgan fingerprint density at radius 1 is 1.29 bits per heavy atom. The maximum absolute atomic E-state index is 5.69. The van der Waals surface area contributed by atoms with E-state index in [0.717, 1.165) is 5.92 Å². The zero-order chi connectivity index (χ0) is 11.4. The normalized spacial score (nSPS) is 39.0. The standard InChI is InChI=1S/C14H16N2O/c1-16-8-10-7-11(16)14-12(10)13(15-17-14)9-5-3-2-4-6-9/h2-6,10-12,14H,7-8H2,1H3/t10-,11-,12+,14+/m0/s1. The largest absolute Gasteiger partial charge is 0.390 e. The first-order valence-corrected chi connectivity index (χ1v) is 6.34. The Hall–Kier alpha value is -1.35. The Balaban J connectivity index is 1.69. The molecule has 2 aliphatic heterocycles. The number of fused-ring (bicyclic) bond motifs is 5. The molecule has 2 bridgehead atoms. The molecule has 17 heavy (non-hydrogen) atoms. The number of rotatable bonds is 1. The molecule has 88 valence electrons. The summed E-state index contributed by atoms with van der Waals surface area (Å²) >= 11 is 0. The first-order valence-electron chi connectivity index (χ1n) is 6.34. The number of hydrogen-bond donors (Lipinski definition) is 0. The van der Waals surface area contributed by atoms with E-state index in [4.69, 9.17) is 4.84 Å². The highest BCUT2D eigenvalue weighted by Gasteiger charge is 2.56. The smallest absolute Gasteiger partial charge is 0.151 e. The van der Waals surface area contributed by atoms with Gasteiger partial charge in [0.1, 0.15) is 0 Å². The average molecular weight is 228 g/mol. The van der Waals surface area contributed by atoms with Crippen molar-refractivity contribution in [2.24, 2.45) is 17.0 Å². The maximum Gasteiger partial charge on any atom is 0.151 e. The van der Waals surface area contributed by atoms with E-state index in [2.05, 4.69) is 41.4 Å². The van der Waals surface area contributed by atoms with Gasteiger partial charge >= 0.3 is 0 Å². The summed E-state index contributed by atoms with van der Waals surface area (Å²) in [6.45, 7) is 1.20. The van der Waals surface area contributed by atoms with Crippen LogP contribution in [0.2, 0.25) is 0 Å². The number of piperidine rings is 1. The van der Waals surface area contributed by atoms with E-state index in [1.54, 1.807) is 0 Å². The minimum atomic E-state index is 0.300. The Kier molecular flexibility index (Phi) is 1.89. The lowest BCUT2D eigenvalue weighted by molar-refractivity contribution is 0.00466. The average Bonchev–Trinajstić information content (AvgIpc) is 3.00. The van der Waals surface area contributed by atoms with Gasteiger partial charge in [-0.1, -0.05) is 35.5 Å². The molecule has 1 saturated heterocycles. The summed E-state index contributed by atoms with van der Waals surface area (Å²) in [6.07, 6.45) is 1.58. The van der Waals surface area contributed by atoms with E-state index < -0.39 is 0 Å². The van der Waals surface area contributed by atoms with Crippen molar-refractivity contribution >= 4 is 5.71 Å². The van der Waals surface area contributed by atoms with Gasteiger partial charge in [0.05, 0.1) is 11.6 Å². The summed E-state index contributed by atoms with van der Waals surface area (Å²) < 4.78 is 0. The number of oxime groups is 1. The molecule has 2 fully saturated rings. The van der Waals surface area contributed by atoms with E-state index in [0.29, 0.717) is 18.1 Å². The van der Waals surface area contributed by atoms with Gasteiger partial charge in [-0.05, 0) is 24.9 Å². The summed E-state index contributed by atoms with van der Waals surface area (Å²) in [4.78, 5) is 8.12. The Morgan fingerprint density at radius 3 is 2.94 bits per heavy atom. The summed E-state index contributed by atoms with van der Waals surface area (Å²) in [7, 11) is 2.20. The molecule has 4 rings (SSSR count). The van der Waals surface area contributed by atoms with E-state index in [1.807, 2.05) is 6.07 Å². The Morgan fingerprint density at radius 2 is 2.12 bits per heavy atom. The van der Waals surface area contributed by atoms with Crippen LogP contribution in [0.4, 0.5) is 0 Å². The van der Waals surface area contributed by atoms with Crippen LogP contribution in [0.1, 0.15) is 12.0 Å². The summed E-state index contributed by atoms with van der Waals surface area (Å²) in [5, 5.41) is 4.36. The minimum Gasteiger partial charge on any atom is -0.390 e. The molecular weight excluding hydrogens is 212 g/mol. The Labute approximate surface area is 101 Å². The number of hydrogen-bond acceptors (Lipinski definition) is 3. The fourth-order valence-electron chi connectivity index (χ4n) is 3.77. The summed E-state index contributed by atoms with van der Waals surface area (Å²) in [5.41, 5.74) is 2.41. The lowest BCUT2D eigenvalue weighted by atomic mass is 9.85.